The standard InChI is InChI=1S/C17H19NO5/c1-11(2)13-9-12(7-8-14(13)19)23-16-6-4-5-15(18-16)22-10-17(20)21-3/h4-9,11,19H,10H2,1-3H3. The molecule has 0 aliphatic carbocycles. The van der Waals surface area contributed by atoms with Gasteiger partial charge in [-0.05, 0) is 24.1 Å². The van der Waals surface area contributed by atoms with E-state index in [-0.39, 0.29) is 24.2 Å². The molecule has 0 saturated heterocycles. The van der Waals surface area contributed by atoms with Crippen LogP contribution in [-0.4, -0.2) is 29.8 Å². The Morgan fingerprint density at radius 2 is 1.96 bits per heavy atom. The number of benzene rings is 1. The second-order valence-corrected chi connectivity index (χ2v) is 5.16. The molecule has 0 atom stereocenters. The molecule has 0 saturated carbocycles. The monoisotopic (exact) mass is 317 g/mol. The second-order valence-electron chi connectivity index (χ2n) is 5.16. The molecular weight excluding hydrogens is 298 g/mol. The number of pyridine rings is 1. The number of aromatic nitrogens is 1. The fourth-order valence-electron chi connectivity index (χ4n) is 1.90. The molecule has 0 aliphatic rings. The lowest BCUT2D eigenvalue weighted by Gasteiger charge is -2.11. The minimum atomic E-state index is -0.488. The quantitative estimate of drug-likeness (QED) is 0.824. The van der Waals surface area contributed by atoms with Crippen LogP contribution in [0.4, 0.5) is 0 Å². The lowest BCUT2D eigenvalue weighted by atomic mass is 10.0. The summed E-state index contributed by atoms with van der Waals surface area (Å²) in [7, 11) is 1.29. The third kappa shape index (κ3) is 4.60. The van der Waals surface area contributed by atoms with Gasteiger partial charge in [-0.1, -0.05) is 19.9 Å². The first-order valence-electron chi connectivity index (χ1n) is 7.17. The van der Waals surface area contributed by atoms with Crippen LogP contribution in [-0.2, 0) is 9.53 Å². The number of methoxy groups -OCH3 is 1. The van der Waals surface area contributed by atoms with Crippen molar-refractivity contribution >= 4 is 5.97 Å². The molecule has 0 fully saturated rings. The largest absolute Gasteiger partial charge is 0.508 e. The van der Waals surface area contributed by atoms with Gasteiger partial charge in [-0.15, -0.1) is 0 Å². The highest BCUT2D eigenvalue weighted by Crippen LogP contribution is 2.31. The highest BCUT2D eigenvalue weighted by Gasteiger charge is 2.09. The maximum Gasteiger partial charge on any atom is 0.343 e. The molecule has 1 N–H and O–H groups in total. The van der Waals surface area contributed by atoms with Crippen LogP contribution in [0, 0.1) is 0 Å². The highest BCUT2D eigenvalue weighted by molar-refractivity contribution is 5.70. The Morgan fingerprint density at radius 3 is 2.65 bits per heavy atom. The Labute approximate surface area is 134 Å². The molecule has 6 heteroatoms. The van der Waals surface area contributed by atoms with E-state index in [1.165, 1.54) is 7.11 Å². The lowest BCUT2D eigenvalue weighted by Crippen LogP contribution is -2.13. The third-order valence-corrected chi connectivity index (χ3v) is 3.11. The predicted molar refractivity (Wildman–Crippen MR) is 84.0 cm³/mol. The summed E-state index contributed by atoms with van der Waals surface area (Å²) in [5, 5.41) is 9.83. The summed E-state index contributed by atoms with van der Waals surface area (Å²) in [4.78, 5) is 15.2. The Morgan fingerprint density at radius 1 is 1.22 bits per heavy atom. The Hall–Kier alpha value is -2.76. The van der Waals surface area contributed by atoms with Crippen molar-refractivity contribution in [1.29, 1.82) is 0 Å². The summed E-state index contributed by atoms with van der Waals surface area (Å²) in [5.41, 5.74) is 0.792. The van der Waals surface area contributed by atoms with Crippen LogP contribution in [0.1, 0.15) is 25.3 Å². The van der Waals surface area contributed by atoms with Gasteiger partial charge in [0.15, 0.2) is 6.61 Å². The molecule has 0 unspecified atom stereocenters. The van der Waals surface area contributed by atoms with Crippen LogP contribution in [0.15, 0.2) is 36.4 Å². The van der Waals surface area contributed by atoms with Crippen molar-refractivity contribution in [2.75, 3.05) is 13.7 Å². The van der Waals surface area contributed by atoms with Crippen LogP contribution in [0.2, 0.25) is 0 Å². The summed E-state index contributed by atoms with van der Waals surface area (Å²) in [6, 6.07) is 10.0. The first-order valence-corrected chi connectivity index (χ1v) is 7.17. The first-order chi connectivity index (χ1) is 11.0. The van der Waals surface area contributed by atoms with E-state index in [0.29, 0.717) is 11.6 Å². The third-order valence-electron chi connectivity index (χ3n) is 3.11. The van der Waals surface area contributed by atoms with E-state index < -0.39 is 5.97 Å². The predicted octanol–water partition coefficient (Wildman–Crippen LogP) is 3.25. The van der Waals surface area contributed by atoms with Crippen molar-refractivity contribution in [2.24, 2.45) is 0 Å². The molecule has 1 heterocycles. The normalized spacial score (nSPS) is 10.4. The molecule has 122 valence electrons. The minimum absolute atomic E-state index is 0.168. The molecule has 0 spiro atoms. The van der Waals surface area contributed by atoms with Gasteiger partial charge in [0, 0.05) is 17.7 Å². The van der Waals surface area contributed by atoms with Crippen LogP contribution in [0.25, 0.3) is 0 Å². The van der Waals surface area contributed by atoms with Crippen LogP contribution >= 0.6 is 0 Å². The van der Waals surface area contributed by atoms with Gasteiger partial charge >= 0.3 is 5.97 Å². The van der Waals surface area contributed by atoms with Gasteiger partial charge in [-0.2, -0.15) is 4.98 Å². The summed E-state index contributed by atoms with van der Waals surface area (Å²) in [6.45, 7) is 3.75. The number of phenols is 1. The van der Waals surface area contributed by atoms with E-state index >= 15 is 0 Å². The van der Waals surface area contributed by atoms with Crippen LogP contribution in [0.5, 0.6) is 23.3 Å². The van der Waals surface area contributed by atoms with E-state index in [9.17, 15) is 9.90 Å². The van der Waals surface area contributed by atoms with E-state index in [1.54, 1.807) is 36.4 Å². The maximum atomic E-state index is 11.1. The van der Waals surface area contributed by atoms with Gasteiger partial charge in [0.25, 0.3) is 0 Å². The summed E-state index contributed by atoms with van der Waals surface area (Å²) >= 11 is 0. The van der Waals surface area contributed by atoms with Gasteiger partial charge in [0.1, 0.15) is 11.5 Å². The molecule has 2 aromatic rings. The molecule has 0 bridgehead atoms. The minimum Gasteiger partial charge on any atom is -0.508 e. The number of phenolic OH excluding ortho intramolecular Hbond substituents is 1. The molecule has 23 heavy (non-hydrogen) atoms. The van der Waals surface area contributed by atoms with Crippen molar-refractivity contribution in [3.63, 3.8) is 0 Å². The molecular formula is C17H19NO5. The molecule has 6 nitrogen and oxygen atoms in total. The fourth-order valence-corrected chi connectivity index (χ4v) is 1.90. The second kappa shape index (κ2) is 7.49. The number of esters is 1. The molecule has 0 radical (unpaired) electrons. The SMILES string of the molecule is COC(=O)COc1cccc(Oc2ccc(O)c(C(C)C)c2)n1. The fraction of sp³-hybridized carbons (Fsp3) is 0.294. The van der Waals surface area contributed by atoms with Crippen LogP contribution < -0.4 is 9.47 Å². The highest BCUT2D eigenvalue weighted by atomic mass is 16.6. The summed E-state index contributed by atoms with van der Waals surface area (Å²) in [6.07, 6.45) is 0. The molecule has 1 aromatic carbocycles. The summed E-state index contributed by atoms with van der Waals surface area (Å²) in [5.74, 6) is 1.06. The van der Waals surface area contributed by atoms with Gasteiger partial charge in [0.2, 0.25) is 11.8 Å². The van der Waals surface area contributed by atoms with Crippen molar-refractivity contribution < 1.29 is 24.1 Å². The lowest BCUT2D eigenvalue weighted by molar-refractivity contribution is -0.143. The Bertz CT molecular complexity index is 684. The molecule has 2 rings (SSSR count). The first kappa shape index (κ1) is 16.6. The number of aromatic hydroxyl groups is 1. The molecule has 1 aromatic heterocycles. The zero-order valence-corrected chi connectivity index (χ0v) is 13.3. The number of nitrogens with zero attached hydrogens (tertiary/aromatic N) is 1. The number of carbonyl (C=O) groups is 1. The van der Waals surface area contributed by atoms with E-state index in [0.717, 1.165) is 5.56 Å². The van der Waals surface area contributed by atoms with Crippen molar-refractivity contribution in [1.82, 2.24) is 4.98 Å². The van der Waals surface area contributed by atoms with Gasteiger partial charge in [0.05, 0.1) is 7.11 Å². The molecule has 0 aliphatic heterocycles. The Kier molecular flexibility index (Phi) is 5.41. The number of ether oxygens (including phenoxy) is 3. The Balaban J connectivity index is 2.11. The van der Waals surface area contributed by atoms with E-state index in [4.69, 9.17) is 9.47 Å². The maximum absolute atomic E-state index is 11.1. The zero-order chi connectivity index (χ0) is 16.8. The van der Waals surface area contributed by atoms with Crippen molar-refractivity contribution in [3.8, 4) is 23.3 Å². The zero-order valence-electron chi connectivity index (χ0n) is 13.3. The number of hydrogen-bond acceptors (Lipinski definition) is 6. The van der Waals surface area contributed by atoms with Crippen molar-refractivity contribution in [3.05, 3.63) is 42.0 Å². The number of carbonyl (C=O) groups excluding carboxylic acids is 1. The molecule has 0 amide bonds. The van der Waals surface area contributed by atoms with E-state index in [1.807, 2.05) is 13.8 Å². The smallest absolute Gasteiger partial charge is 0.343 e. The summed E-state index contributed by atoms with van der Waals surface area (Å²) < 4.78 is 15.4. The average molecular weight is 317 g/mol. The average Bonchev–Trinajstić information content (AvgIpc) is 2.54. The number of hydrogen-bond donors (Lipinski definition) is 1. The van der Waals surface area contributed by atoms with Crippen molar-refractivity contribution in [2.45, 2.75) is 19.8 Å². The number of rotatable bonds is 6. The van der Waals surface area contributed by atoms with Crippen LogP contribution in [0.3, 0.4) is 0 Å². The topological polar surface area (TPSA) is 77.9 Å². The van der Waals surface area contributed by atoms with Gasteiger partial charge in [-0.25, -0.2) is 4.79 Å². The van der Waals surface area contributed by atoms with Gasteiger partial charge in [-0.3, -0.25) is 0 Å². The van der Waals surface area contributed by atoms with Gasteiger partial charge < -0.3 is 19.3 Å². The van der Waals surface area contributed by atoms with E-state index in [2.05, 4.69) is 9.72 Å².